The number of ether oxygens (including phenoxy) is 4. The van der Waals surface area contributed by atoms with Gasteiger partial charge in [-0.3, -0.25) is 0 Å². The van der Waals surface area contributed by atoms with E-state index in [2.05, 4.69) is 37.3 Å². The summed E-state index contributed by atoms with van der Waals surface area (Å²) in [6.07, 6.45) is 1.85. The molecule has 170 valence electrons. The lowest BCUT2D eigenvalue weighted by Crippen LogP contribution is -2.02. The lowest BCUT2D eigenvalue weighted by atomic mass is 10.1. The van der Waals surface area contributed by atoms with Gasteiger partial charge >= 0.3 is 11.9 Å². The molecule has 0 bridgehead atoms. The van der Waals surface area contributed by atoms with Crippen LogP contribution in [0.3, 0.4) is 0 Å². The largest absolute Gasteiger partial charge is 0.493 e. The van der Waals surface area contributed by atoms with Crippen LogP contribution in [0.4, 0.5) is 0 Å². The molecule has 2 aromatic heterocycles. The van der Waals surface area contributed by atoms with Gasteiger partial charge in [0.05, 0.1) is 31.0 Å². The van der Waals surface area contributed by atoms with Gasteiger partial charge in [0, 0.05) is 34.6 Å². The van der Waals surface area contributed by atoms with Gasteiger partial charge in [0.15, 0.2) is 0 Å². The molecule has 0 spiro atoms. The van der Waals surface area contributed by atoms with Crippen molar-refractivity contribution in [2.45, 2.75) is 12.8 Å². The maximum Gasteiger partial charge on any atom is 0.355 e. The van der Waals surface area contributed by atoms with Crippen molar-refractivity contribution in [2.75, 3.05) is 27.4 Å². The second-order valence-corrected chi connectivity index (χ2v) is 8.81. The van der Waals surface area contributed by atoms with E-state index in [9.17, 15) is 9.59 Å². The normalized spacial score (nSPS) is 13.5. The summed E-state index contributed by atoms with van der Waals surface area (Å²) in [4.78, 5) is 29.1. The lowest BCUT2D eigenvalue weighted by molar-refractivity contribution is 0.0586. The third-order valence-corrected chi connectivity index (χ3v) is 6.89. The first kappa shape index (κ1) is 21.6. The minimum Gasteiger partial charge on any atom is -0.493 e. The van der Waals surface area contributed by atoms with E-state index in [0.717, 1.165) is 62.9 Å². The number of fused-ring (bicyclic) bond motifs is 4. The van der Waals surface area contributed by atoms with E-state index in [-0.39, 0.29) is 11.9 Å². The Labute approximate surface area is 202 Å². The molecular formula is C24H21IN2O6. The number of benzene rings is 2. The molecule has 2 aromatic carbocycles. The maximum absolute atomic E-state index is 11.6. The lowest BCUT2D eigenvalue weighted by Gasteiger charge is -1.98. The monoisotopic (exact) mass is 560 g/mol. The molecule has 4 heterocycles. The van der Waals surface area contributed by atoms with Crippen LogP contribution in [-0.4, -0.2) is 49.3 Å². The summed E-state index contributed by atoms with van der Waals surface area (Å²) in [5, 5.41) is 1.98. The Kier molecular flexibility index (Phi) is 5.65. The van der Waals surface area contributed by atoms with E-state index in [1.54, 1.807) is 6.07 Å². The summed E-state index contributed by atoms with van der Waals surface area (Å²) < 4.78 is 21.3. The molecule has 9 heteroatoms. The topological polar surface area (TPSA) is 103 Å². The fraction of sp³-hybridized carbons (Fsp3) is 0.250. The number of rotatable bonds is 2. The predicted molar refractivity (Wildman–Crippen MR) is 130 cm³/mol. The molecule has 8 nitrogen and oxygen atoms in total. The van der Waals surface area contributed by atoms with Gasteiger partial charge in [-0.1, -0.05) is 0 Å². The average Bonchev–Trinajstić information content (AvgIpc) is 3.61. The van der Waals surface area contributed by atoms with Crippen LogP contribution in [0.1, 0.15) is 32.1 Å². The molecule has 4 aromatic rings. The van der Waals surface area contributed by atoms with Gasteiger partial charge in [0.25, 0.3) is 0 Å². The van der Waals surface area contributed by atoms with Crippen LogP contribution in [0, 0.1) is 3.57 Å². The Morgan fingerprint density at radius 3 is 2.15 bits per heavy atom. The number of carbonyl (C=O) groups is 2. The number of halogens is 1. The zero-order valence-electron chi connectivity index (χ0n) is 18.0. The molecular weight excluding hydrogens is 539 g/mol. The van der Waals surface area contributed by atoms with Crippen LogP contribution in [0.5, 0.6) is 11.5 Å². The molecule has 0 saturated carbocycles. The summed E-state index contributed by atoms with van der Waals surface area (Å²) in [5.41, 5.74) is 5.26. The Bertz CT molecular complexity index is 1360. The first-order valence-electron chi connectivity index (χ1n) is 10.4. The Morgan fingerprint density at radius 1 is 0.848 bits per heavy atom. The summed E-state index contributed by atoms with van der Waals surface area (Å²) >= 11 is 2.15. The Balaban J connectivity index is 0.000000139. The van der Waals surface area contributed by atoms with E-state index in [1.165, 1.54) is 25.3 Å². The first-order chi connectivity index (χ1) is 16.0. The van der Waals surface area contributed by atoms with Crippen molar-refractivity contribution in [3.05, 3.63) is 56.4 Å². The first-order valence-corrected chi connectivity index (χ1v) is 11.5. The molecule has 0 fully saturated rings. The van der Waals surface area contributed by atoms with Crippen molar-refractivity contribution in [2.24, 2.45) is 0 Å². The molecule has 0 atom stereocenters. The minimum absolute atomic E-state index is 0.341. The van der Waals surface area contributed by atoms with Crippen molar-refractivity contribution < 1.29 is 28.5 Å². The molecule has 33 heavy (non-hydrogen) atoms. The number of hydrogen-bond donors (Lipinski definition) is 2. The summed E-state index contributed by atoms with van der Waals surface area (Å²) in [7, 11) is 2.75. The number of esters is 2. The highest BCUT2D eigenvalue weighted by atomic mass is 127. The molecule has 2 N–H and O–H groups in total. The second kappa shape index (κ2) is 8.62. The number of aromatic amines is 2. The molecule has 0 saturated heterocycles. The molecule has 0 aliphatic carbocycles. The molecule has 0 unspecified atom stereocenters. The standard InChI is InChI=1S/C12H10INO3.C12H11NO3/c1-16-12(15)11-10(13)7-5-9-6(2-3-17-9)4-8(7)14-11;1-15-12(14)10-5-8-6-11-7(2-3-16-11)4-9(8)13-10/h4-5,14H,2-3H2,1H3;4-6,13H,2-3H2,1H3. The number of H-pyrrole nitrogens is 2. The van der Waals surface area contributed by atoms with E-state index in [0.29, 0.717) is 11.4 Å². The zero-order chi connectivity index (χ0) is 23.1. The van der Waals surface area contributed by atoms with E-state index in [1.807, 2.05) is 24.3 Å². The van der Waals surface area contributed by atoms with Gasteiger partial charge in [0.2, 0.25) is 0 Å². The van der Waals surface area contributed by atoms with Crippen LogP contribution in [-0.2, 0) is 22.3 Å². The number of hydrogen-bond acceptors (Lipinski definition) is 6. The zero-order valence-corrected chi connectivity index (χ0v) is 20.2. The van der Waals surface area contributed by atoms with Crippen LogP contribution in [0.25, 0.3) is 21.8 Å². The van der Waals surface area contributed by atoms with Crippen molar-refractivity contribution >= 4 is 56.3 Å². The van der Waals surface area contributed by atoms with Crippen molar-refractivity contribution in [1.29, 1.82) is 0 Å². The van der Waals surface area contributed by atoms with Gasteiger partial charge in [-0.05, 0) is 64.0 Å². The highest BCUT2D eigenvalue weighted by molar-refractivity contribution is 14.1. The van der Waals surface area contributed by atoms with E-state index < -0.39 is 0 Å². The van der Waals surface area contributed by atoms with Gasteiger partial charge in [-0.2, -0.15) is 0 Å². The highest BCUT2D eigenvalue weighted by Gasteiger charge is 2.20. The number of nitrogens with one attached hydrogen (secondary N) is 2. The van der Waals surface area contributed by atoms with Gasteiger partial charge < -0.3 is 28.9 Å². The minimum atomic E-state index is -0.350. The van der Waals surface area contributed by atoms with Gasteiger partial charge in [0.1, 0.15) is 22.9 Å². The highest BCUT2D eigenvalue weighted by Crippen LogP contribution is 2.34. The molecule has 2 aliphatic rings. The van der Waals surface area contributed by atoms with Gasteiger partial charge in [-0.25, -0.2) is 9.59 Å². The number of carbonyl (C=O) groups excluding carboxylic acids is 2. The third-order valence-electron chi connectivity index (χ3n) is 5.77. The van der Waals surface area contributed by atoms with E-state index >= 15 is 0 Å². The fourth-order valence-electron chi connectivity index (χ4n) is 4.10. The second-order valence-electron chi connectivity index (χ2n) is 7.73. The molecule has 2 aliphatic heterocycles. The summed E-state index contributed by atoms with van der Waals surface area (Å²) in [6.45, 7) is 1.48. The van der Waals surface area contributed by atoms with Crippen molar-refractivity contribution in [3.63, 3.8) is 0 Å². The van der Waals surface area contributed by atoms with Gasteiger partial charge in [-0.15, -0.1) is 0 Å². The van der Waals surface area contributed by atoms with Crippen LogP contribution in [0.15, 0.2) is 30.3 Å². The number of aromatic nitrogens is 2. The smallest absolute Gasteiger partial charge is 0.355 e. The van der Waals surface area contributed by atoms with Crippen molar-refractivity contribution in [3.8, 4) is 11.5 Å². The summed E-state index contributed by atoms with van der Waals surface area (Å²) in [6, 6.07) is 9.81. The van der Waals surface area contributed by atoms with E-state index in [4.69, 9.17) is 14.2 Å². The maximum atomic E-state index is 11.6. The predicted octanol–water partition coefficient (Wildman–Crippen LogP) is 4.38. The van der Waals surface area contributed by atoms with Crippen LogP contribution in [0.2, 0.25) is 0 Å². The summed E-state index contributed by atoms with van der Waals surface area (Å²) in [5.74, 6) is 1.15. The number of methoxy groups -OCH3 is 2. The molecule has 0 radical (unpaired) electrons. The quantitative estimate of drug-likeness (QED) is 0.279. The van der Waals surface area contributed by atoms with Crippen LogP contribution >= 0.6 is 22.6 Å². The van der Waals surface area contributed by atoms with Crippen LogP contribution < -0.4 is 9.47 Å². The Hall–Kier alpha value is -3.21. The fourth-order valence-corrected chi connectivity index (χ4v) is 4.90. The Morgan fingerprint density at radius 2 is 1.48 bits per heavy atom. The molecule has 6 rings (SSSR count). The molecule has 0 amide bonds. The SMILES string of the molecule is COC(=O)c1[nH]c2cc3c(cc2c1I)OCC3.COC(=O)c1cc2cc3c(cc2[nH]1)CCO3. The average molecular weight is 560 g/mol. The van der Waals surface area contributed by atoms with Crippen molar-refractivity contribution in [1.82, 2.24) is 9.97 Å². The third kappa shape index (κ3) is 3.90.